The van der Waals surface area contributed by atoms with Crippen molar-refractivity contribution in [3.63, 3.8) is 0 Å². The van der Waals surface area contributed by atoms with E-state index >= 15 is 0 Å². The Balaban J connectivity index is 1.04. The van der Waals surface area contributed by atoms with E-state index in [4.69, 9.17) is 25.9 Å². The van der Waals surface area contributed by atoms with Gasteiger partial charge in [-0.1, -0.05) is 186 Å². The van der Waals surface area contributed by atoms with Gasteiger partial charge in [-0.2, -0.15) is 0 Å². The van der Waals surface area contributed by atoms with Crippen LogP contribution in [-0.4, -0.2) is 15.0 Å². The number of rotatable bonds is 12. The molecule has 0 atom stereocenters. The van der Waals surface area contributed by atoms with Crippen LogP contribution in [0.15, 0.2) is 182 Å². The smallest absolute Gasteiger partial charge is 0.0780 e. The molecule has 1 aliphatic rings. The number of benzene rings is 7. The molecule has 0 bridgehead atoms. The van der Waals surface area contributed by atoms with Crippen molar-refractivity contribution in [1.82, 2.24) is 15.0 Å². The van der Waals surface area contributed by atoms with Crippen LogP contribution in [0.2, 0.25) is 0 Å². The molecule has 0 radical (unpaired) electrons. The Kier molecular flexibility index (Phi) is 8.01. The molecular weight excluding hydrogens is 811 g/mol. The summed E-state index contributed by atoms with van der Waals surface area (Å²) in [6, 6.07) is 50.6. The molecule has 3 heterocycles. The van der Waals surface area contributed by atoms with E-state index in [0.29, 0.717) is 24.1 Å². The summed E-state index contributed by atoms with van der Waals surface area (Å²) in [4.78, 5) is 14.7. The summed E-state index contributed by atoms with van der Waals surface area (Å²) in [5.74, 6) is -3.14. The van der Waals surface area contributed by atoms with Crippen molar-refractivity contribution >= 4 is 43.4 Å². The highest BCUT2D eigenvalue weighted by atomic mass is 14.7. The second-order valence-electron chi connectivity index (χ2n) is 19.0. The van der Waals surface area contributed by atoms with E-state index in [1.54, 1.807) is 24.3 Å². The molecule has 1 fully saturated rings. The van der Waals surface area contributed by atoms with Gasteiger partial charge >= 0.3 is 0 Å². The van der Waals surface area contributed by atoms with Crippen LogP contribution in [-0.2, 0) is 36.4 Å². The molecule has 0 N–H and O–H groups in total. The first-order chi connectivity index (χ1) is 37.5. The molecule has 67 heavy (non-hydrogen) atoms. The quantitative estimate of drug-likeness (QED) is 0.115. The molecule has 330 valence electrons. The van der Waals surface area contributed by atoms with Gasteiger partial charge in [-0.05, 0) is 134 Å². The van der Waals surface area contributed by atoms with Gasteiger partial charge in [0.2, 0.25) is 0 Å². The average molecular weight is 883 g/mol. The van der Waals surface area contributed by atoms with Crippen LogP contribution in [0.25, 0.3) is 65.7 Å². The number of pyridine rings is 3. The molecule has 0 aliphatic heterocycles. The summed E-state index contributed by atoms with van der Waals surface area (Å²) < 4.78 is 120. The number of fused-ring (bicyclic) bond motifs is 6. The van der Waals surface area contributed by atoms with Gasteiger partial charge in [-0.15, -0.1) is 0 Å². The number of hydrogen-bond donors (Lipinski definition) is 0. The predicted octanol–water partition coefficient (Wildman–Crippen LogP) is 16.3. The zero-order chi connectivity index (χ0) is 57.2. The third-order valence-electron chi connectivity index (χ3n) is 13.3. The van der Waals surface area contributed by atoms with Gasteiger partial charge in [0.05, 0.1) is 16.7 Å². The van der Waals surface area contributed by atoms with Gasteiger partial charge in [-0.3, -0.25) is 15.0 Å². The maximum Gasteiger partial charge on any atom is 0.0780 e. The summed E-state index contributed by atoms with van der Waals surface area (Å²) in [5, 5.41) is 6.26. The second-order valence-corrected chi connectivity index (χ2v) is 19.0. The van der Waals surface area contributed by atoms with Crippen molar-refractivity contribution in [2.75, 3.05) is 0 Å². The lowest BCUT2D eigenvalue weighted by Crippen LogP contribution is -2.23. The van der Waals surface area contributed by atoms with Crippen LogP contribution in [0.3, 0.4) is 0 Å². The summed E-state index contributed by atoms with van der Waals surface area (Å²) in [6.07, 6.45) is -13.4. The Hall–Kier alpha value is -6.97. The monoisotopic (exact) mass is 883 g/mol. The summed E-state index contributed by atoms with van der Waals surface area (Å²) in [5.41, 5.74) is 4.92. The molecule has 0 amide bonds. The van der Waals surface area contributed by atoms with Crippen molar-refractivity contribution in [2.24, 2.45) is 0 Å². The van der Waals surface area contributed by atoms with E-state index in [2.05, 4.69) is 94.4 Å². The first kappa shape index (κ1) is 30.3. The number of aryl methyl sites for hydroxylation is 2. The molecule has 11 rings (SSSR count). The van der Waals surface area contributed by atoms with Gasteiger partial charge < -0.3 is 0 Å². The lowest BCUT2D eigenvalue weighted by atomic mass is 9.76. The largest absolute Gasteiger partial charge is 0.256 e. The average Bonchev–Trinajstić information content (AvgIpc) is 3.60. The van der Waals surface area contributed by atoms with Crippen LogP contribution in [0, 0.1) is 0 Å². The molecule has 10 aromatic rings. The highest BCUT2D eigenvalue weighted by Gasteiger charge is 2.26. The van der Waals surface area contributed by atoms with E-state index in [1.165, 1.54) is 24.4 Å². The molecular formula is C64H59N3. The lowest BCUT2D eigenvalue weighted by molar-refractivity contribution is 0.513. The Morgan fingerprint density at radius 3 is 1.66 bits per heavy atom. The number of nitrogens with zero attached hydrogens (tertiary/aromatic N) is 3. The van der Waals surface area contributed by atoms with E-state index < -0.39 is 55.0 Å². The molecule has 1 aliphatic carbocycles. The molecule has 0 saturated heterocycles. The minimum absolute atomic E-state index is 0.0709. The standard InChI is InChI=1S/C64H59N3/c1-63(2,55-35-52-29-27-47-17-10-12-23-57(47)61(52)66-41-55)38-44-31-43(32-45(33-44)39-64(3,4)56-36-53-30-28-48-18-11-13-24-58(48)62(53)67-42-56)25-26-54-40-65-60(49-19-6-5-7-20-49)37-59(54)51-22-14-21-50(34-51)46-15-8-9-16-46/h5-7,10-14,17-24,27-37,40-42,46H,8-9,15-16,25-26,38-39H2,1-4H3/i8D2,9D2,15D2,16D2,25D2,26D2,46D. The van der Waals surface area contributed by atoms with Gasteiger partial charge in [0.15, 0.2) is 0 Å². The number of aromatic nitrogens is 3. The van der Waals surface area contributed by atoms with Crippen LogP contribution < -0.4 is 0 Å². The highest BCUT2D eigenvalue weighted by molar-refractivity contribution is 6.06. The van der Waals surface area contributed by atoms with E-state index in [0.717, 1.165) is 65.6 Å². The Labute approximate surface area is 414 Å². The van der Waals surface area contributed by atoms with Crippen LogP contribution >= 0.6 is 0 Å². The molecule has 3 nitrogen and oxygen atoms in total. The minimum Gasteiger partial charge on any atom is -0.256 e. The first-order valence-corrected chi connectivity index (χ1v) is 22.9. The third-order valence-corrected chi connectivity index (χ3v) is 13.3. The van der Waals surface area contributed by atoms with Crippen molar-refractivity contribution in [3.8, 4) is 22.4 Å². The van der Waals surface area contributed by atoms with E-state index in [9.17, 15) is 6.85 Å². The van der Waals surface area contributed by atoms with Gasteiger partial charge in [-0.25, -0.2) is 0 Å². The summed E-state index contributed by atoms with van der Waals surface area (Å²) >= 11 is 0. The Morgan fingerprint density at radius 1 is 0.507 bits per heavy atom. The maximum absolute atomic E-state index is 10.1. The fourth-order valence-electron chi connectivity index (χ4n) is 9.65. The van der Waals surface area contributed by atoms with E-state index in [-0.39, 0.29) is 27.8 Å². The Bertz CT molecular complexity index is 3900. The zero-order valence-electron chi connectivity index (χ0n) is 51.1. The molecule has 3 heteroatoms. The van der Waals surface area contributed by atoms with Gasteiger partial charge in [0, 0.05) is 63.5 Å². The van der Waals surface area contributed by atoms with Gasteiger partial charge in [0.1, 0.15) is 0 Å². The topological polar surface area (TPSA) is 38.7 Å². The SMILES string of the molecule is [2H]C([2H])(c1cc(CC(C)(C)c2cnc3c(ccc4ccccc43)c2)cc(CC(C)(C)c2cnc3c(ccc4ccccc43)c2)c1)C([2H])([2H])c1cnc(-c2ccccc2)cc1-c1cccc(C2([2H])C([2H])([2H])C([2H])([2H])C([2H])([2H])C2([2H])[2H])c1. The van der Waals surface area contributed by atoms with Crippen LogP contribution in [0.5, 0.6) is 0 Å². The first-order valence-electron chi connectivity index (χ1n) is 29.4. The van der Waals surface area contributed by atoms with Crippen molar-refractivity contribution in [3.05, 3.63) is 221 Å². The molecule has 1 saturated carbocycles. The highest BCUT2D eigenvalue weighted by Crippen LogP contribution is 2.39. The summed E-state index contributed by atoms with van der Waals surface area (Å²) in [6.45, 7) is 8.49. The normalized spacial score (nSPS) is 20.4. The fraction of sp³-hybridized carbons (Fsp3) is 0.234. The molecule has 0 spiro atoms. The molecule has 7 aromatic carbocycles. The second kappa shape index (κ2) is 17.7. The van der Waals surface area contributed by atoms with Crippen LogP contribution in [0.4, 0.5) is 0 Å². The number of hydrogen-bond acceptors (Lipinski definition) is 3. The maximum atomic E-state index is 10.1. The minimum atomic E-state index is -3.45. The molecule has 0 unspecified atom stereocenters. The third kappa shape index (κ3) is 8.76. The fourth-order valence-corrected chi connectivity index (χ4v) is 9.65. The van der Waals surface area contributed by atoms with Crippen molar-refractivity contribution in [1.29, 1.82) is 0 Å². The Morgan fingerprint density at radius 2 is 1.04 bits per heavy atom. The van der Waals surface area contributed by atoms with Gasteiger partial charge in [0.25, 0.3) is 0 Å². The summed E-state index contributed by atoms with van der Waals surface area (Å²) in [7, 11) is 0. The van der Waals surface area contributed by atoms with Crippen LogP contribution in [0.1, 0.15) is 116 Å². The van der Waals surface area contributed by atoms with E-state index in [1.807, 2.05) is 67.0 Å². The van der Waals surface area contributed by atoms with Crippen molar-refractivity contribution < 1.29 is 17.8 Å². The lowest BCUT2D eigenvalue weighted by Gasteiger charge is -2.28. The van der Waals surface area contributed by atoms with Crippen molar-refractivity contribution in [2.45, 2.75) is 95.5 Å². The predicted molar refractivity (Wildman–Crippen MR) is 282 cm³/mol. The zero-order valence-corrected chi connectivity index (χ0v) is 38.1. The molecule has 3 aromatic heterocycles.